The molecule has 1 amide bonds. The predicted molar refractivity (Wildman–Crippen MR) is 90.8 cm³/mol. The smallest absolute Gasteiger partial charge is 0.251 e. The topological polar surface area (TPSA) is 72.7 Å². The number of benzene rings is 2. The molecule has 0 saturated heterocycles. The quantitative estimate of drug-likeness (QED) is 0.757. The molecule has 0 spiro atoms. The Hall–Kier alpha value is -3.02. The van der Waals surface area contributed by atoms with E-state index < -0.39 is 0 Å². The first kappa shape index (κ1) is 15.9. The van der Waals surface area contributed by atoms with Crippen LogP contribution in [-0.4, -0.2) is 32.2 Å². The van der Waals surface area contributed by atoms with Crippen molar-refractivity contribution in [2.45, 2.75) is 25.8 Å². The molecule has 2 aromatic carbocycles. The summed E-state index contributed by atoms with van der Waals surface area (Å²) in [5, 5.41) is 14.1. The minimum absolute atomic E-state index is 0.0920. The highest BCUT2D eigenvalue weighted by atomic mass is 16.1. The van der Waals surface area contributed by atoms with Gasteiger partial charge in [0.25, 0.3) is 5.91 Å². The van der Waals surface area contributed by atoms with Crippen LogP contribution in [-0.2, 0) is 6.42 Å². The van der Waals surface area contributed by atoms with E-state index in [1.807, 2.05) is 37.3 Å². The van der Waals surface area contributed by atoms with Crippen molar-refractivity contribution in [3.8, 4) is 5.69 Å². The Morgan fingerprint density at radius 1 is 1.17 bits per heavy atom. The second-order valence-electron chi connectivity index (χ2n) is 5.70. The van der Waals surface area contributed by atoms with Crippen LogP contribution in [0.15, 0.2) is 60.9 Å². The van der Waals surface area contributed by atoms with Crippen molar-refractivity contribution in [1.82, 2.24) is 25.5 Å². The summed E-state index contributed by atoms with van der Waals surface area (Å²) < 4.78 is 1.52. The van der Waals surface area contributed by atoms with E-state index in [1.54, 1.807) is 12.1 Å². The zero-order valence-electron chi connectivity index (χ0n) is 13.5. The molecule has 0 bridgehead atoms. The van der Waals surface area contributed by atoms with E-state index in [2.05, 4.69) is 33.0 Å². The average molecular weight is 321 g/mol. The van der Waals surface area contributed by atoms with Crippen molar-refractivity contribution >= 4 is 5.91 Å². The highest BCUT2D eigenvalue weighted by Crippen LogP contribution is 2.10. The van der Waals surface area contributed by atoms with Gasteiger partial charge >= 0.3 is 0 Å². The van der Waals surface area contributed by atoms with Crippen LogP contribution in [0, 0.1) is 0 Å². The van der Waals surface area contributed by atoms with Gasteiger partial charge in [0, 0.05) is 11.6 Å². The lowest BCUT2D eigenvalue weighted by molar-refractivity contribution is 0.0938. The van der Waals surface area contributed by atoms with E-state index >= 15 is 0 Å². The van der Waals surface area contributed by atoms with Crippen molar-refractivity contribution in [3.05, 3.63) is 72.1 Å². The summed E-state index contributed by atoms with van der Waals surface area (Å²) in [5.41, 5.74) is 2.62. The largest absolute Gasteiger partial charge is 0.350 e. The fourth-order valence-electron chi connectivity index (χ4n) is 2.48. The highest BCUT2D eigenvalue weighted by molar-refractivity contribution is 5.94. The van der Waals surface area contributed by atoms with E-state index in [-0.39, 0.29) is 11.9 Å². The molecule has 0 fully saturated rings. The molecule has 3 aromatic rings. The molecule has 1 N–H and O–H groups in total. The van der Waals surface area contributed by atoms with Crippen molar-refractivity contribution < 1.29 is 4.79 Å². The first-order valence-electron chi connectivity index (χ1n) is 7.90. The predicted octanol–water partition coefficient (Wildman–Crippen LogP) is 2.41. The molecule has 0 unspecified atom stereocenters. The number of tetrazole rings is 1. The molecular formula is C18H19N5O. The van der Waals surface area contributed by atoms with Gasteiger partial charge in [0.05, 0.1) is 5.69 Å². The Bertz CT molecular complexity index is 786. The van der Waals surface area contributed by atoms with E-state index in [9.17, 15) is 4.79 Å². The molecule has 6 heteroatoms. The van der Waals surface area contributed by atoms with Gasteiger partial charge in [-0.3, -0.25) is 4.79 Å². The van der Waals surface area contributed by atoms with Gasteiger partial charge in [-0.05, 0) is 54.0 Å². The van der Waals surface area contributed by atoms with Gasteiger partial charge in [0.1, 0.15) is 6.33 Å². The third kappa shape index (κ3) is 4.04. The Kier molecular flexibility index (Phi) is 4.96. The highest BCUT2D eigenvalue weighted by Gasteiger charge is 2.11. The zero-order chi connectivity index (χ0) is 16.8. The van der Waals surface area contributed by atoms with Crippen LogP contribution in [0.4, 0.5) is 0 Å². The van der Waals surface area contributed by atoms with Gasteiger partial charge in [-0.25, -0.2) is 4.68 Å². The molecule has 0 aliphatic carbocycles. The maximum absolute atomic E-state index is 12.4. The number of amides is 1. The lowest BCUT2D eigenvalue weighted by Gasteiger charge is -2.14. The Morgan fingerprint density at radius 3 is 2.75 bits per heavy atom. The van der Waals surface area contributed by atoms with Crippen molar-refractivity contribution in [2.75, 3.05) is 0 Å². The summed E-state index contributed by atoms with van der Waals surface area (Å²) >= 11 is 0. The number of aromatic nitrogens is 4. The second-order valence-corrected chi connectivity index (χ2v) is 5.70. The molecule has 1 aromatic heterocycles. The number of nitrogens with zero attached hydrogens (tertiary/aromatic N) is 4. The summed E-state index contributed by atoms with van der Waals surface area (Å²) in [7, 11) is 0. The lowest BCUT2D eigenvalue weighted by Crippen LogP contribution is -2.32. The summed E-state index contributed by atoms with van der Waals surface area (Å²) in [6.45, 7) is 2.02. The van der Waals surface area contributed by atoms with Crippen LogP contribution in [0.3, 0.4) is 0 Å². The normalized spacial score (nSPS) is 11.9. The maximum Gasteiger partial charge on any atom is 0.251 e. The maximum atomic E-state index is 12.4. The number of hydrogen-bond acceptors (Lipinski definition) is 4. The molecule has 1 heterocycles. The number of aryl methyl sites for hydroxylation is 1. The zero-order valence-corrected chi connectivity index (χ0v) is 13.5. The molecule has 1 atom stereocenters. The van der Waals surface area contributed by atoms with Gasteiger partial charge in [-0.15, -0.1) is 5.10 Å². The van der Waals surface area contributed by atoms with Gasteiger partial charge in [0.2, 0.25) is 0 Å². The van der Waals surface area contributed by atoms with Crippen molar-refractivity contribution in [2.24, 2.45) is 0 Å². The molecule has 24 heavy (non-hydrogen) atoms. The van der Waals surface area contributed by atoms with Crippen molar-refractivity contribution in [1.29, 1.82) is 0 Å². The van der Waals surface area contributed by atoms with Gasteiger partial charge in [0.15, 0.2) is 0 Å². The molecule has 0 radical (unpaired) electrons. The van der Waals surface area contributed by atoms with Gasteiger partial charge in [-0.1, -0.05) is 36.4 Å². The fraction of sp³-hybridized carbons (Fsp3) is 0.222. The SMILES string of the molecule is C[C@H](CCc1ccccc1)NC(=O)c1cccc(-n2cnnn2)c1. The van der Waals surface area contributed by atoms with Crippen LogP contribution < -0.4 is 5.32 Å². The van der Waals surface area contributed by atoms with E-state index in [0.29, 0.717) is 5.56 Å². The fourth-order valence-corrected chi connectivity index (χ4v) is 2.48. The second kappa shape index (κ2) is 7.50. The summed E-state index contributed by atoms with van der Waals surface area (Å²) in [6, 6.07) is 17.6. The van der Waals surface area contributed by atoms with Crippen LogP contribution in [0.2, 0.25) is 0 Å². The number of rotatable bonds is 6. The Labute approximate surface area is 140 Å². The molecule has 0 saturated carbocycles. The van der Waals surface area contributed by atoms with Crippen LogP contribution >= 0.6 is 0 Å². The molecule has 0 aliphatic heterocycles. The molecule has 6 nitrogen and oxygen atoms in total. The van der Waals surface area contributed by atoms with Crippen LogP contribution in [0.5, 0.6) is 0 Å². The minimum atomic E-state index is -0.0921. The van der Waals surface area contributed by atoms with E-state index in [1.165, 1.54) is 16.6 Å². The number of nitrogens with one attached hydrogen (secondary N) is 1. The van der Waals surface area contributed by atoms with Crippen LogP contribution in [0.1, 0.15) is 29.3 Å². The molecule has 3 rings (SSSR count). The molecule has 122 valence electrons. The number of carbonyl (C=O) groups is 1. The Balaban J connectivity index is 1.59. The summed E-state index contributed by atoms with van der Waals surface area (Å²) in [4.78, 5) is 12.4. The van der Waals surface area contributed by atoms with Gasteiger partial charge in [-0.2, -0.15) is 0 Å². The minimum Gasteiger partial charge on any atom is -0.350 e. The monoisotopic (exact) mass is 321 g/mol. The van der Waals surface area contributed by atoms with E-state index in [4.69, 9.17) is 0 Å². The van der Waals surface area contributed by atoms with Crippen LogP contribution in [0.25, 0.3) is 5.69 Å². The number of hydrogen-bond donors (Lipinski definition) is 1. The average Bonchev–Trinajstić information content (AvgIpc) is 3.16. The first-order valence-corrected chi connectivity index (χ1v) is 7.90. The van der Waals surface area contributed by atoms with Crippen molar-refractivity contribution in [3.63, 3.8) is 0 Å². The molecular weight excluding hydrogens is 302 g/mol. The van der Waals surface area contributed by atoms with Gasteiger partial charge < -0.3 is 5.32 Å². The third-order valence-electron chi connectivity index (χ3n) is 3.81. The number of carbonyl (C=O) groups excluding carboxylic acids is 1. The standard InChI is InChI=1S/C18H19N5O/c1-14(10-11-15-6-3-2-4-7-15)20-18(24)16-8-5-9-17(12-16)23-13-19-21-22-23/h2-9,12-14H,10-11H2,1H3,(H,20,24)/t14-/m1/s1. The molecule has 0 aliphatic rings. The Morgan fingerprint density at radius 2 is 2.00 bits per heavy atom. The first-order chi connectivity index (χ1) is 11.7. The van der Waals surface area contributed by atoms with E-state index in [0.717, 1.165) is 18.5 Å². The summed E-state index contributed by atoms with van der Waals surface area (Å²) in [6.07, 6.45) is 3.33. The summed E-state index contributed by atoms with van der Waals surface area (Å²) in [5.74, 6) is -0.0921. The lowest BCUT2D eigenvalue weighted by atomic mass is 10.1. The third-order valence-corrected chi connectivity index (χ3v) is 3.81.